The first-order chi connectivity index (χ1) is 14.2. The van der Waals surface area contributed by atoms with E-state index in [1.807, 2.05) is 13.8 Å². The van der Waals surface area contributed by atoms with Gasteiger partial charge in [-0.2, -0.15) is 5.10 Å². The van der Waals surface area contributed by atoms with Crippen molar-refractivity contribution >= 4 is 34.3 Å². The summed E-state index contributed by atoms with van der Waals surface area (Å²) in [7, 11) is 0. The zero-order valence-electron chi connectivity index (χ0n) is 17.0. The highest BCUT2D eigenvalue weighted by Gasteiger charge is 2.38. The number of esters is 1. The van der Waals surface area contributed by atoms with Crippen molar-refractivity contribution in [1.29, 1.82) is 0 Å². The Morgan fingerprint density at radius 2 is 2.10 bits per heavy atom. The van der Waals surface area contributed by atoms with Crippen LogP contribution in [0.15, 0.2) is 6.20 Å². The number of nitrogens with zero attached hydrogens (tertiary/aromatic N) is 4. The van der Waals surface area contributed by atoms with Gasteiger partial charge in [-0.3, -0.25) is 15.2 Å². The number of anilines is 2. The number of fused-ring (bicyclic) bond motifs is 3. The van der Waals surface area contributed by atoms with Crippen LogP contribution in [-0.4, -0.2) is 43.6 Å². The van der Waals surface area contributed by atoms with Gasteiger partial charge in [-0.1, -0.05) is 25.2 Å². The lowest BCUT2D eigenvalue weighted by Gasteiger charge is -2.30. The predicted molar refractivity (Wildman–Crippen MR) is 112 cm³/mol. The summed E-state index contributed by atoms with van der Waals surface area (Å²) in [6.07, 6.45) is 2.34. The second kappa shape index (κ2) is 7.17. The molecule has 3 aromatic rings. The summed E-state index contributed by atoms with van der Waals surface area (Å²) in [5.41, 5.74) is 9.09. The lowest BCUT2D eigenvalue weighted by molar-refractivity contribution is 0.0531. The number of aromatic amines is 1. The second-order valence-corrected chi connectivity index (χ2v) is 8.59. The lowest BCUT2D eigenvalue weighted by Crippen LogP contribution is -2.29. The number of nitrogens with one attached hydrogen (secondary N) is 2. The van der Waals surface area contributed by atoms with Crippen molar-refractivity contribution in [3.63, 3.8) is 0 Å². The molecule has 10 nitrogen and oxygen atoms in total. The fourth-order valence-electron chi connectivity index (χ4n) is 3.65. The monoisotopic (exact) mass is 427 g/mol. The van der Waals surface area contributed by atoms with Crippen LogP contribution in [0.1, 0.15) is 57.8 Å². The summed E-state index contributed by atoms with van der Waals surface area (Å²) >= 11 is 1.07. The molecule has 3 aromatic heterocycles. The van der Waals surface area contributed by atoms with Crippen molar-refractivity contribution < 1.29 is 14.3 Å². The maximum absolute atomic E-state index is 13.0. The molecule has 0 saturated carbocycles. The number of hydrogen-bond donors (Lipinski definition) is 3. The number of H-pyrrole nitrogens is 1. The van der Waals surface area contributed by atoms with Gasteiger partial charge in [0.05, 0.1) is 18.0 Å². The average molecular weight is 427 g/mol. The first-order valence-corrected chi connectivity index (χ1v) is 10.2. The van der Waals surface area contributed by atoms with Crippen LogP contribution in [0.25, 0.3) is 11.4 Å². The van der Waals surface area contributed by atoms with Crippen LogP contribution in [0.2, 0.25) is 0 Å². The number of amides is 1. The van der Waals surface area contributed by atoms with Crippen LogP contribution < -0.4 is 11.1 Å². The van der Waals surface area contributed by atoms with Crippen LogP contribution in [0.4, 0.5) is 11.1 Å². The number of nitrogens with two attached hydrogens (primary N) is 1. The molecule has 0 bridgehead atoms. The first-order valence-electron chi connectivity index (χ1n) is 9.37. The van der Waals surface area contributed by atoms with Crippen LogP contribution in [-0.2, 0) is 16.6 Å². The Morgan fingerprint density at radius 1 is 1.33 bits per heavy atom. The number of carbonyl (C=O) groups excluding carboxylic acids is 2. The van der Waals surface area contributed by atoms with Crippen LogP contribution in [0.3, 0.4) is 0 Å². The summed E-state index contributed by atoms with van der Waals surface area (Å²) < 4.78 is 5.02. The number of hydrogen-bond acceptors (Lipinski definition) is 9. The molecule has 0 saturated heterocycles. The molecule has 30 heavy (non-hydrogen) atoms. The SMILES string of the molecule is CCOC(=O)c1sc(NC(=O)c2[nH]nc3c2C(C)(C)Cc2cnc(N)nc2-3)nc1C. The standard InChI is InChI=1S/C19H21N7O3S/c1-5-29-16(28)14-8(2)22-18(30-14)24-15(27)13-10-12(25-26-13)11-9(6-19(10,3)4)7-21-17(20)23-11/h7H,5-6H2,1-4H3,(H,25,26)(H2,20,21,23)(H,22,24,27). The molecule has 156 valence electrons. The summed E-state index contributed by atoms with van der Waals surface area (Å²) in [6, 6.07) is 0. The van der Waals surface area contributed by atoms with E-state index in [0.717, 1.165) is 22.5 Å². The Morgan fingerprint density at radius 3 is 2.83 bits per heavy atom. The Kier molecular flexibility index (Phi) is 4.77. The van der Waals surface area contributed by atoms with Gasteiger partial charge in [-0.05, 0) is 31.2 Å². The third-order valence-electron chi connectivity index (χ3n) is 4.89. The third kappa shape index (κ3) is 3.30. The molecule has 4 N–H and O–H groups in total. The van der Waals surface area contributed by atoms with E-state index in [4.69, 9.17) is 10.5 Å². The zero-order valence-corrected chi connectivity index (χ0v) is 17.8. The molecule has 0 aliphatic heterocycles. The maximum atomic E-state index is 13.0. The Bertz CT molecular complexity index is 1170. The molecule has 1 amide bonds. The van der Waals surface area contributed by atoms with E-state index in [-0.39, 0.29) is 18.0 Å². The second-order valence-electron chi connectivity index (χ2n) is 7.59. The normalized spacial score (nSPS) is 14.0. The van der Waals surface area contributed by atoms with Gasteiger partial charge >= 0.3 is 5.97 Å². The Hall–Kier alpha value is -3.34. The number of aryl methyl sites for hydroxylation is 1. The molecule has 0 atom stereocenters. The lowest BCUT2D eigenvalue weighted by atomic mass is 9.73. The molecule has 11 heteroatoms. The fourth-order valence-corrected chi connectivity index (χ4v) is 4.51. The van der Waals surface area contributed by atoms with E-state index in [1.54, 1.807) is 20.0 Å². The molecule has 0 fully saturated rings. The Balaban J connectivity index is 1.68. The molecule has 1 aliphatic rings. The van der Waals surface area contributed by atoms with Crippen LogP contribution in [0, 0.1) is 6.92 Å². The molecule has 0 spiro atoms. The number of ether oxygens (including phenoxy) is 1. The smallest absolute Gasteiger partial charge is 0.350 e. The molecule has 1 aliphatic carbocycles. The predicted octanol–water partition coefficient (Wildman–Crippen LogP) is 2.48. The minimum absolute atomic E-state index is 0.151. The van der Waals surface area contributed by atoms with Gasteiger partial charge in [0.2, 0.25) is 5.95 Å². The summed E-state index contributed by atoms with van der Waals surface area (Å²) in [4.78, 5) is 38.1. The van der Waals surface area contributed by atoms with Gasteiger partial charge in [0.1, 0.15) is 16.3 Å². The highest BCUT2D eigenvalue weighted by atomic mass is 32.1. The minimum Gasteiger partial charge on any atom is -0.462 e. The summed E-state index contributed by atoms with van der Waals surface area (Å²) in [5, 5.41) is 10.3. The maximum Gasteiger partial charge on any atom is 0.350 e. The molecule has 4 rings (SSSR count). The number of rotatable bonds is 4. The zero-order chi connectivity index (χ0) is 21.6. The highest BCUT2D eigenvalue weighted by molar-refractivity contribution is 7.17. The van der Waals surface area contributed by atoms with Gasteiger partial charge in [0.15, 0.2) is 5.13 Å². The minimum atomic E-state index is -0.457. The largest absolute Gasteiger partial charge is 0.462 e. The van der Waals surface area contributed by atoms with Crippen molar-refractivity contribution in [3.8, 4) is 11.4 Å². The quantitative estimate of drug-likeness (QED) is 0.538. The van der Waals surface area contributed by atoms with Gasteiger partial charge in [-0.25, -0.2) is 19.7 Å². The summed E-state index contributed by atoms with van der Waals surface area (Å²) in [6.45, 7) is 7.76. The topological polar surface area (TPSA) is 149 Å². The molecule has 3 heterocycles. The molecular weight excluding hydrogens is 406 g/mol. The molecular formula is C19H21N7O3S. The number of thiazole rings is 1. The fraction of sp³-hybridized carbons (Fsp3) is 0.368. The highest BCUT2D eigenvalue weighted by Crippen LogP contribution is 2.42. The third-order valence-corrected chi connectivity index (χ3v) is 5.94. The van der Waals surface area contributed by atoms with Crippen molar-refractivity contribution in [2.24, 2.45) is 0 Å². The molecule has 0 aromatic carbocycles. The van der Waals surface area contributed by atoms with E-state index in [2.05, 4.69) is 30.5 Å². The number of carbonyl (C=O) groups is 2. The van der Waals surface area contributed by atoms with Gasteiger partial charge in [0, 0.05) is 11.8 Å². The van der Waals surface area contributed by atoms with Crippen molar-refractivity contribution in [2.75, 3.05) is 17.7 Å². The summed E-state index contributed by atoms with van der Waals surface area (Å²) in [5.74, 6) is -0.702. The van der Waals surface area contributed by atoms with E-state index in [0.29, 0.717) is 39.2 Å². The van der Waals surface area contributed by atoms with Gasteiger partial charge in [0.25, 0.3) is 5.91 Å². The van der Waals surface area contributed by atoms with Crippen molar-refractivity contribution in [3.05, 3.63) is 33.6 Å². The van der Waals surface area contributed by atoms with Crippen molar-refractivity contribution in [2.45, 2.75) is 39.5 Å². The van der Waals surface area contributed by atoms with Gasteiger partial charge in [-0.15, -0.1) is 0 Å². The number of aromatic nitrogens is 5. The van der Waals surface area contributed by atoms with E-state index in [1.165, 1.54) is 0 Å². The molecule has 0 unspecified atom stereocenters. The van der Waals surface area contributed by atoms with Crippen LogP contribution in [0.5, 0.6) is 0 Å². The van der Waals surface area contributed by atoms with Crippen molar-refractivity contribution in [1.82, 2.24) is 25.1 Å². The van der Waals surface area contributed by atoms with Crippen LogP contribution >= 0.6 is 11.3 Å². The number of nitrogen functional groups attached to an aromatic ring is 1. The molecule has 0 radical (unpaired) electrons. The van der Waals surface area contributed by atoms with Gasteiger partial charge < -0.3 is 10.5 Å². The van der Waals surface area contributed by atoms with E-state index < -0.39 is 11.9 Å². The van der Waals surface area contributed by atoms with E-state index in [9.17, 15) is 9.59 Å². The van der Waals surface area contributed by atoms with E-state index >= 15 is 0 Å². The Labute approximate surface area is 176 Å². The first kappa shape index (κ1) is 20.0. The average Bonchev–Trinajstić information content (AvgIpc) is 3.27.